The van der Waals surface area contributed by atoms with Crippen LogP contribution in [0.4, 0.5) is 4.39 Å². The van der Waals surface area contributed by atoms with Crippen molar-refractivity contribution < 1.29 is 19.1 Å². The van der Waals surface area contributed by atoms with E-state index in [0.717, 1.165) is 18.4 Å². The molecule has 0 heterocycles. The summed E-state index contributed by atoms with van der Waals surface area (Å²) in [6, 6.07) is 5.98. The Morgan fingerprint density at radius 2 is 1.76 bits per heavy atom. The van der Waals surface area contributed by atoms with Crippen LogP contribution in [-0.4, -0.2) is 28.9 Å². The number of hydrogen-bond acceptors (Lipinski definition) is 2. The smallest absolute Gasteiger partial charge is 0.307 e. The van der Waals surface area contributed by atoms with Crippen molar-refractivity contribution in [1.82, 2.24) is 4.90 Å². The Bertz CT molecular complexity index is 515. The van der Waals surface area contributed by atoms with Gasteiger partial charge in [-0.05, 0) is 30.5 Å². The summed E-state index contributed by atoms with van der Waals surface area (Å²) in [5, 5.41) is 9.25. The quantitative estimate of drug-likeness (QED) is 0.928. The van der Waals surface area contributed by atoms with Crippen LogP contribution in [0.5, 0.6) is 0 Å². The van der Waals surface area contributed by atoms with Gasteiger partial charge in [-0.3, -0.25) is 9.59 Å². The average molecular weight is 293 g/mol. The summed E-state index contributed by atoms with van der Waals surface area (Å²) in [6.07, 6.45) is 2.95. The van der Waals surface area contributed by atoms with Gasteiger partial charge in [-0.25, -0.2) is 4.39 Å². The summed E-state index contributed by atoms with van der Waals surface area (Å²) < 4.78 is 12.9. The van der Waals surface area contributed by atoms with Crippen molar-refractivity contribution in [3.8, 4) is 0 Å². The van der Waals surface area contributed by atoms with Crippen LogP contribution < -0.4 is 0 Å². The lowest BCUT2D eigenvalue weighted by molar-refractivity contribution is -0.152. The molecule has 1 aromatic carbocycles. The zero-order valence-electron chi connectivity index (χ0n) is 12.1. The van der Waals surface area contributed by atoms with Crippen LogP contribution in [0.2, 0.25) is 0 Å². The second-order valence-electron chi connectivity index (χ2n) is 5.66. The minimum Gasteiger partial charge on any atom is -0.481 e. The Morgan fingerprint density at radius 1 is 1.19 bits per heavy atom. The summed E-state index contributed by atoms with van der Waals surface area (Å²) in [7, 11) is 1.67. The highest BCUT2D eigenvalue weighted by molar-refractivity contribution is 5.84. The Hall–Kier alpha value is -1.91. The van der Waals surface area contributed by atoms with Crippen molar-refractivity contribution in [2.45, 2.75) is 32.2 Å². The van der Waals surface area contributed by atoms with Crippen LogP contribution in [0.25, 0.3) is 0 Å². The Labute approximate surface area is 123 Å². The van der Waals surface area contributed by atoms with Gasteiger partial charge in [0.2, 0.25) is 5.91 Å². The van der Waals surface area contributed by atoms with E-state index in [1.165, 1.54) is 12.1 Å². The van der Waals surface area contributed by atoms with Gasteiger partial charge in [0.15, 0.2) is 0 Å². The van der Waals surface area contributed by atoms with Crippen molar-refractivity contribution >= 4 is 11.9 Å². The number of halogens is 1. The highest BCUT2D eigenvalue weighted by atomic mass is 19.1. The van der Waals surface area contributed by atoms with Gasteiger partial charge in [-0.2, -0.15) is 0 Å². The van der Waals surface area contributed by atoms with Gasteiger partial charge in [0.05, 0.1) is 11.8 Å². The van der Waals surface area contributed by atoms with Crippen LogP contribution >= 0.6 is 0 Å². The molecule has 4 nitrogen and oxygen atoms in total. The van der Waals surface area contributed by atoms with Crippen LogP contribution in [0, 0.1) is 17.7 Å². The zero-order valence-corrected chi connectivity index (χ0v) is 12.1. The Morgan fingerprint density at radius 3 is 2.33 bits per heavy atom. The van der Waals surface area contributed by atoms with E-state index in [1.807, 2.05) is 0 Å². The molecule has 1 saturated carbocycles. The van der Waals surface area contributed by atoms with Gasteiger partial charge in [0.25, 0.3) is 0 Å². The van der Waals surface area contributed by atoms with Gasteiger partial charge >= 0.3 is 5.97 Å². The van der Waals surface area contributed by atoms with E-state index < -0.39 is 17.8 Å². The number of nitrogens with zero attached hydrogens (tertiary/aromatic N) is 1. The number of carbonyl (C=O) groups is 2. The normalized spacial score (nSPS) is 21.8. The average Bonchev–Trinajstić information content (AvgIpc) is 2.48. The third kappa shape index (κ3) is 3.80. The molecule has 1 aliphatic rings. The van der Waals surface area contributed by atoms with Gasteiger partial charge in [-0.15, -0.1) is 0 Å². The van der Waals surface area contributed by atoms with Gasteiger partial charge < -0.3 is 10.0 Å². The lowest BCUT2D eigenvalue weighted by Crippen LogP contribution is -2.40. The standard InChI is InChI=1S/C16H20FNO3/c1-18(10-11-6-8-12(17)9-7-11)15(19)13-4-2-3-5-14(13)16(20)21/h6-9,13-14H,2-5,10H2,1H3,(H,20,21). The van der Waals surface area contributed by atoms with E-state index in [9.17, 15) is 19.1 Å². The first-order chi connectivity index (χ1) is 9.99. The minimum atomic E-state index is -0.886. The number of rotatable bonds is 4. The topological polar surface area (TPSA) is 57.6 Å². The van der Waals surface area contributed by atoms with Gasteiger partial charge in [-0.1, -0.05) is 25.0 Å². The predicted molar refractivity (Wildman–Crippen MR) is 76.0 cm³/mol. The predicted octanol–water partition coefficient (Wildman–Crippen LogP) is 2.68. The molecule has 1 amide bonds. The number of carboxylic acids is 1. The lowest BCUT2D eigenvalue weighted by Gasteiger charge is -2.31. The molecule has 0 bridgehead atoms. The summed E-state index contributed by atoms with van der Waals surface area (Å²) in [6.45, 7) is 0.363. The Kier molecular flexibility index (Phi) is 4.94. The van der Waals surface area contributed by atoms with Gasteiger partial charge in [0, 0.05) is 13.6 Å². The molecule has 0 radical (unpaired) electrons. The van der Waals surface area contributed by atoms with Crippen LogP contribution in [0.1, 0.15) is 31.2 Å². The maximum Gasteiger partial charge on any atom is 0.307 e. The molecular weight excluding hydrogens is 273 g/mol. The molecule has 114 valence electrons. The second-order valence-corrected chi connectivity index (χ2v) is 5.66. The van der Waals surface area contributed by atoms with Crippen molar-refractivity contribution in [3.63, 3.8) is 0 Å². The second kappa shape index (κ2) is 6.70. The van der Waals surface area contributed by atoms with Crippen molar-refractivity contribution in [3.05, 3.63) is 35.6 Å². The van der Waals surface area contributed by atoms with E-state index in [-0.39, 0.29) is 11.7 Å². The summed E-state index contributed by atoms with van der Waals surface area (Å²) >= 11 is 0. The molecule has 0 aromatic heterocycles. The largest absolute Gasteiger partial charge is 0.481 e. The van der Waals surface area contributed by atoms with Crippen molar-refractivity contribution in [2.75, 3.05) is 7.05 Å². The first-order valence-corrected chi connectivity index (χ1v) is 7.21. The minimum absolute atomic E-state index is 0.133. The fourth-order valence-corrected chi connectivity index (χ4v) is 2.95. The molecule has 0 spiro atoms. The lowest BCUT2D eigenvalue weighted by atomic mass is 9.78. The molecule has 0 saturated heterocycles. The highest BCUT2D eigenvalue weighted by Gasteiger charge is 2.36. The van der Waals surface area contributed by atoms with E-state index in [4.69, 9.17) is 0 Å². The molecule has 1 aromatic rings. The van der Waals surface area contributed by atoms with E-state index in [2.05, 4.69) is 0 Å². The SMILES string of the molecule is CN(Cc1ccc(F)cc1)C(=O)C1CCCCC1C(=O)O. The number of aliphatic carboxylic acids is 1. The number of hydrogen-bond donors (Lipinski definition) is 1. The van der Waals surface area contributed by atoms with Crippen LogP contribution in [-0.2, 0) is 16.1 Å². The zero-order chi connectivity index (χ0) is 15.4. The molecule has 1 fully saturated rings. The Balaban J connectivity index is 2.03. The molecule has 0 aliphatic heterocycles. The van der Waals surface area contributed by atoms with E-state index in [1.54, 1.807) is 24.1 Å². The van der Waals surface area contributed by atoms with Crippen LogP contribution in [0.15, 0.2) is 24.3 Å². The maximum absolute atomic E-state index is 12.9. The van der Waals surface area contributed by atoms with Crippen molar-refractivity contribution in [2.24, 2.45) is 11.8 Å². The molecule has 1 N–H and O–H groups in total. The third-order valence-electron chi connectivity index (χ3n) is 4.11. The number of amides is 1. The number of carbonyl (C=O) groups excluding carboxylic acids is 1. The van der Waals surface area contributed by atoms with E-state index >= 15 is 0 Å². The molecule has 2 atom stereocenters. The molecule has 5 heteroatoms. The maximum atomic E-state index is 12.9. The van der Waals surface area contributed by atoms with Gasteiger partial charge in [0.1, 0.15) is 5.82 Å². The molecule has 21 heavy (non-hydrogen) atoms. The van der Waals surface area contributed by atoms with Crippen LogP contribution in [0.3, 0.4) is 0 Å². The summed E-state index contributed by atoms with van der Waals surface area (Å²) in [5.41, 5.74) is 0.829. The third-order valence-corrected chi connectivity index (χ3v) is 4.11. The fourth-order valence-electron chi connectivity index (χ4n) is 2.95. The molecule has 1 aliphatic carbocycles. The summed E-state index contributed by atoms with van der Waals surface area (Å²) in [5.74, 6) is -2.36. The summed E-state index contributed by atoms with van der Waals surface area (Å²) in [4.78, 5) is 25.3. The molecule has 2 rings (SSSR count). The molecule has 2 unspecified atom stereocenters. The number of benzene rings is 1. The monoisotopic (exact) mass is 293 g/mol. The number of carboxylic acid groups (broad SMARTS) is 1. The first-order valence-electron chi connectivity index (χ1n) is 7.21. The fraction of sp³-hybridized carbons (Fsp3) is 0.500. The first kappa shape index (κ1) is 15.5. The van der Waals surface area contributed by atoms with E-state index in [0.29, 0.717) is 19.4 Å². The molecular formula is C16H20FNO3. The highest BCUT2D eigenvalue weighted by Crippen LogP contribution is 2.31. The van der Waals surface area contributed by atoms with Crippen molar-refractivity contribution in [1.29, 1.82) is 0 Å².